The number of ether oxygens (including phenoxy) is 1. The second kappa shape index (κ2) is 11.4. The monoisotopic (exact) mass is 428 g/mol. The standard InChI is InChI=1S/C20H36N4O6/c1-7-8-14(17(26)18(27)22-10-16(25)29-20(4,5)6)23-30-15-9-12(2)11-24(15)19(28)13(3)21/h12-15,23H,7-11,21H2,1-6H3,(H,22,27). The van der Waals surface area contributed by atoms with Gasteiger partial charge in [-0.1, -0.05) is 20.3 Å². The summed E-state index contributed by atoms with van der Waals surface area (Å²) in [6, 6.07) is -1.56. The van der Waals surface area contributed by atoms with E-state index in [0.29, 0.717) is 25.8 Å². The molecule has 0 aromatic heterocycles. The Balaban J connectivity index is 2.65. The van der Waals surface area contributed by atoms with Gasteiger partial charge in [0.1, 0.15) is 18.2 Å². The number of nitrogens with zero attached hydrogens (tertiary/aromatic N) is 1. The van der Waals surface area contributed by atoms with Gasteiger partial charge in [0.25, 0.3) is 5.91 Å². The van der Waals surface area contributed by atoms with Crippen LogP contribution in [0.1, 0.15) is 60.8 Å². The number of carbonyl (C=O) groups excluding carboxylic acids is 4. The highest BCUT2D eigenvalue weighted by molar-refractivity contribution is 6.38. The first kappa shape index (κ1) is 26.0. The van der Waals surface area contributed by atoms with E-state index in [4.69, 9.17) is 15.3 Å². The average Bonchev–Trinajstić information content (AvgIpc) is 3.00. The fraction of sp³-hybridized carbons (Fsp3) is 0.800. The number of esters is 1. The Kier molecular flexibility index (Phi) is 9.86. The second-order valence-electron chi connectivity index (χ2n) is 8.79. The summed E-state index contributed by atoms with van der Waals surface area (Å²) >= 11 is 0. The fourth-order valence-corrected chi connectivity index (χ4v) is 3.07. The number of amides is 2. The van der Waals surface area contributed by atoms with E-state index < -0.39 is 48.1 Å². The SMILES string of the molecule is CCCC(NOC1CC(C)CN1C(=O)C(C)N)C(=O)C(=O)NCC(=O)OC(C)(C)C. The zero-order valence-electron chi connectivity index (χ0n) is 18.8. The van der Waals surface area contributed by atoms with Crippen molar-refractivity contribution in [1.29, 1.82) is 0 Å². The summed E-state index contributed by atoms with van der Waals surface area (Å²) in [4.78, 5) is 55.9. The van der Waals surface area contributed by atoms with Crippen molar-refractivity contribution in [3.63, 3.8) is 0 Å². The van der Waals surface area contributed by atoms with Gasteiger partial charge in [-0.25, -0.2) is 0 Å². The van der Waals surface area contributed by atoms with Gasteiger partial charge in [0.05, 0.1) is 6.04 Å². The van der Waals surface area contributed by atoms with Crippen LogP contribution in [0.2, 0.25) is 0 Å². The predicted molar refractivity (Wildman–Crippen MR) is 110 cm³/mol. The third kappa shape index (κ3) is 8.37. The molecule has 4 N–H and O–H groups in total. The molecule has 0 aliphatic carbocycles. The summed E-state index contributed by atoms with van der Waals surface area (Å²) in [6.45, 7) is 10.7. The third-order valence-corrected chi connectivity index (χ3v) is 4.41. The van der Waals surface area contributed by atoms with Gasteiger partial charge < -0.3 is 20.7 Å². The lowest BCUT2D eigenvalue weighted by molar-refractivity contribution is -0.157. The van der Waals surface area contributed by atoms with Crippen LogP contribution in [0.25, 0.3) is 0 Å². The zero-order valence-corrected chi connectivity index (χ0v) is 18.8. The van der Waals surface area contributed by atoms with Gasteiger partial charge in [-0.05, 0) is 46.5 Å². The topological polar surface area (TPSA) is 140 Å². The van der Waals surface area contributed by atoms with Crippen LogP contribution in [0, 0.1) is 5.92 Å². The lowest BCUT2D eigenvalue weighted by Crippen LogP contribution is -2.51. The van der Waals surface area contributed by atoms with Crippen LogP contribution in [0.4, 0.5) is 0 Å². The van der Waals surface area contributed by atoms with Gasteiger partial charge in [0, 0.05) is 6.54 Å². The first-order valence-electron chi connectivity index (χ1n) is 10.4. The number of carbonyl (C=O) groups is 4. The Morgan fingerprint density at radius 3 is 2.40 bits per heavy atom. The van der Waals surface area contributed by atoms with Crippen molar-refractivity contribution < 1.29 is 28.8 Å². The molecule has 172 valence electrons. The maximum atomic E-state index is 12.5. The Hall–Kier alpha value is -2.04. The van der Waals surface area contributed by atoms with E-state index in [9.17, 15) is 19.2 Å². The number of hydrogen-bond donors (Lipinski definition) is 3. The van der Waals surface area contributed by atoms with Gasteiger partial charge in [0.2, 0.25) is 11.7 Å². The molecule has 30 heavy (non-hydrogen) atoms. The van der Waals surface area contributed by atoms with E-state index >= 15 is 0 Å². The number of nitrogens with one attached hydrogen (secondary N) is 2. The maximum Gasteiger partial charge on any atom is 0.325 e. The van der Waals surface area contributed by atoms with E-state index in [2.05, 4.69) is 10.8 Å². The van der Waals surface area contributed by atoms with E-state index in [1.165, 1.54) is 0 Å². The molecule has 0 bridgehead atoms. The van der Waals surface area contributed by atoms with Crippen LogP contribution in [-0.4, -0.2) is 65.5 Å². The minimum atomic E-state index is -0.906. The number of ketones is 1. The average molecular weight is 429 g/mol. The van der Waals surface area contributed by atoms with Crippen LogP contribution in [0.3, 0.4) is 0 Å². The van der Waals surface area contributed by atoms with Crippen LogP contribution >= 0.6 is 0 Å². The summed E-state index contributed by atoms with van der Waals surface area (Å²) in [5.74, 6) is -2.31. The van der Waals surface area contributed by atoms with Crippen LogP contribution < -0.4 is 16.5 Å². The Bertz CT molecular complexity index is 631. The molecule has 1 heterocycles. The van der Waals surface area contributed by atoms with Gasteiger partial charge in [-0.2, -0.15) is 5.48 Å². The van der Waals surface area contributed by atoms with Crippen molar-refractivity contribution in [2.24, 2.45) is 11.7 Å². The normalized spacial score (nSPS) is 21.1. The van der Waals surface area contributed by atoms with E-state index in [1.807, 2.05) is 13.8 Å². The van der Waals surface area contributed by atoms with Crippen molar-refractivity contribution in [3.8, 4) is 0 Å². The third-order valence-electron chi connectivity index (χ3n) is 4.41. The fourth-order valence-electron chi connectivity index (χ4n) is 3.07. The van der Waals surface area contributed by atoms with Crippen molar-refractivity contribution in [2.75, 3.05) is 13.1 Å². The molecule has 1 rings (SSSR count). The van der Waals surface area contributed by atoms with Crippen molar-refractivity contribution in [1.82, 2.24) is 15.7 Å². The van der Waals surface area contributed by atoms with Crippen LogP contribution in [0.15, 0.2) is 0 Å². The highest BCUT2D eigenvalue weighted by Crippen LogP contribution is 2.24. The highest BCUT2D eigenvalue weighted by atomic mass is 16.7. The second-order valence-corrected chi connectivity index (χ2v) is 8.79. The molecule has 4 atom stereocenters. The molecule has 0 radical (unpaired) electrons. The summed E-state index contributed by atoms with van der Waals surface area (Å²) in [6.07, 6.45) is 0.983. The van der Waals surface area contributed by atoms with E-state index in [0.717, 1.165) is 0 Å². The molecule has 0 aromatic carbocycles. The number of Topliss-reactive ketones (excluding diaryl/α,β-unsaturated/α-hetero) is 1. The summed E-state index contributed by atoms with van der Waals surface area (Å²) < 4.78 is 5.10. The van der Waals surface area contributed by atoms with Gasteiger partial charge in [-0.3, -0.25) is 24.0 Å². The highest BCUT2D eigenvalue weighted by Gasteiger charge is 2.36. The number of likely N-dealkylation sites (tertiary alicyclic amines) is 1. The number of nitrogens with two attached hydrogens (primary N) is 1. The van der Waals surface area contributed by atoms with Crippen LogP contribution in [-0.2, 0) is 28.8 Å². The van der Waals surface area contributed by atoms with Gasteiger partial charge in [-0.15, -0.1) is 0 Å². The smallest absolute Gasteiger partial charge is 0.325 e. The van der Waals surface area contributed by atoms with Crippen molar-refractivity contribution in [2.45, 2.75) is 84.7 Å². The minimum absolute atomic E-state index is 0.219. The minimum Gasteiger partial charge on any atom is -0.459 e. The maximum absolute atomic E-state index is 12.5. The molecule has 0 aromatic rings. The summed E-state index contributed by atoms with van der Waals surface area (Å²) in [5, 5.41) is 2.28. The molecule has 1 aliphatic heterocycles. The number of hydroxylamine groups is 1. The van der Waals surface area contributed by atoms with Gasteiger partial charge >= 0.3 is 5.97 Å². The van der Waals surface area contributed by atoms with Gasteiger partial charge in [0.15, 0.2) is 6.23 Å². The molecule has 1 fully saturated rings. The van der Waals surface area contributed by atoms with E-state index in [1.54, 1.807) is 32.6 Å². The molecular formula is C20H36N4O6. The largest absolute Gasteiger partial charge is 0.459 e. The Labute approximate surface area is 178 Å². The molecule has 2 amide bonds. The van der Waals surface area contributed by atoms with Crippen LogP contribution in [0.5, 0.6) is 0 Å². The molecule has 10 nitrogen and oxygen atoms in total. The number of hydrogen-bond acceptors (Lipinski definition) is 8. The lowest BCUT2D eigenvalue weighted by atomic mass is 10.1. The molecular weight excluding hydrogens is 392 g/mol. The molecule has 4 unspecified atom stereocenters. The molecule has 0 saturated carbocycles. The molecule has 0 spiro atoms. The molecule has 10 heteroatoms. The molecule has 1 aliphatic rings. The molecule has 1 saturated heterocycles. The lowest BCUT2D eigenvalue weighted by Gasteiger charge is -2.27. The summed E-state index contributed by atoms with van der Waals surface area (Å²) in [5.41, 5.74) is 7.67. The first-order valence-corrected chi connectivity index (χ1v) is 10.4. The Morgan fingerprint density at radius 2 is 1.87 bits per heavy atom. The Morgan fingerprint density at radius 1 is 1.23 bits per heavy atom. The quantitative estimate of drug-likeness (QED) is 0.255. The number of rotatable bonds is 10. The predicted octanol–water partition coefficient (Wildman–Crippen LogP) is 0.245. The summed E-state index contributed by atoms with van der Waals surface area (Å²) in [7, 11) is 0. The first-order chi connectivity index (χ1) is 13.9. The van der Waals surface area contributed by atoms with Crippen molar-refractivity contribution >= 4 is 23.6 Å². The zero-order chi connectivity index (χ0) is 23.1. The van der Waals surface area contributed by atoms with E-state index in [-0.39, 0.29) is 11.8 Å². The van der Waals surface area contributed by atoms with Crippen molar-refractivity contribution in [3.05, 3.63) is 0 Å².